The van der Waals surface area contributed by atoms with Gasteiger partial charge in [-0.1, -0.05) is 31.5 Å². The Morgan fingerprint density at radius 2 is 2.15 bits per heavy atom. The second-order valence-electron chi connectivity index (χ2n) is 4.87. The van der Waals surface area contributed by atoms with Gasteiger partial charge in [0.25, 0.3) is 5.91 Å². The molecule has 0 saturated heterocycles. The van der Waals surface area contributed by atoms with Crippen LogP contribution in [0.2, 0.25) is 0 Å². The minimum Gasteiger partial charge on any atom is -0.352 e. The number of carbonyl (C=O) groups excluding carboxylic acids is 1. The summed E-state index contributed by atoms with van der Waals surface area (Å²) in [5.41, 5.74) is 1.49. The Hall–Kier alpha value is -1.10. The number of fused-ring (bicyclic) bond motifs is 1. The zero-order valence-electron chi connectivity index (χ0n) is 11.8. The largest absolute Gasteiger partial charge is 0.352 e. The summed E-state index contributed by atoms with van der Waals surface area (Å²) in [6.45, 7) is 4.79. The smallest absolute Gasteiger partial charge is 0.280 e. The summed E-state index contributed by atoms with van der Waals surface area (Å²) in [4.78, 5) is 17.9. The normalized spacial score (nSPS) is 19.2. The van der Waals surface area contributed by atoms with Gasteiger partial charge in [-0.05, 0) is 19.4 Å². The fourth-order valence-corrected chi connectivity index (χ4v) is 2.12. The van der Waals surface area contributed by atoms with Crippen molar-refractivity contribution in [2.45, 2.75) is 38.3 Å². The van der Waals surface area contributed by atoms with Gasteiger partial charge in [0.1, 0.15) is 0 Å². The molecule has 1 aromatic carbocycles. The van der Waals surface area contributed by atoms with Crippen molar-refractivity contribution in [3.05, 3.63) is 35.4 Å². The third-order valence-corrected chi connectivity index (χ3v) is 3.21. The number of ether oxygens (including phenoxy) is 1. The maximum absolute atomic E-state index is 12.3. The number of nitrogens with zero attached hydrogens (tertiary/aromatic N) is 1. The van der Waals surface area contributed by atoms with E-state index in [-0.39, 0.29) is 17.9 Å². The van der Waals surface area contributed by atoms with E-state index in [4.69, 9.17) is 21.2 Å². The van der Waals surface area contributed by atoms with Crippen molar-refractivity contribution < 1.29 is 14.4 Å². The number of hydrogen-bond acceptors (Lipinski definition) is 3. The standard InChI is InChI=1S/C15H20ClNO3/c1-3-4-9-19-15-13-8-6-5-7-12(13)14(18)17(15)20-10-11(2)16/h5-8,11,15H,3-4,9-10H2,1-2H3. The maximum Gasteiger partial charge on any atom is 0.280 e. The van der Waals surface area contributed by atoms with E-state index in [1.165, 1.54) is 5.06 Å². The van der Waals surface area contributed by atoms with E-state index in [1.54, 1.807) is 6.07 Å². The van der Waals surface area contributed by atoms with Crippen LogP contribution in [0.25, 0.3) is 0 Å². The molecule has 1 heterocycles. The first-order valence-corrected chi connectivity index (χ1v) is 7.39. The number of hydrogen-bond donors (Lipinski definition) is 0. The van der Waals surface area contributed by atoms with Crippen molar-refractivity contribution in [2.75, 3.05) is 13.2 Å². The Morgan fingerprint density at radius 1 is 1.40 bits per heavy atom. The van der Waals surface area contributed by atoms with E-state index in [0.717, 1.165) is 18.4 Å². The molecule has 2 unspecified atom stereocenters. The molecule has 2 atom stereocenters. The third-order valence-electron chi connectivity index (χ3n) is 3.09. The Labute approximate surface area is 124 Å². The van der Waals surface area contributed by atoms with Gasteiger partial charge in [0.2, 0.25) is 0 Å². The molecule has 0 aromatic heterocycles. The number of alkyl halides is 1. The first kappa shape index (κ1) is 15.3. The summed E-state index contributed by atoms with van der Waals surface area (Å²) in [7, 11) is 0. The van der Waals surface area contributed by atoms with Crippen LogP contribution in [0.5, 0.6) is 0 Å². The molecule has 1 aromatic rings. The van der Waals surface area contributed by atoms with Gasteiger partial charge in [0.05, 0.1) is 12.0 Å². The van der Waals surface area contributed by atoms with E-state index >= 15 is 0 Å². The summed E-state index contributed by atoms with van der Waals surface area (Å²) in [6.07, 6.45) is 1.52. The van der Waals surface area contributed by atoms with Gasteiger partial charge in [0, 0.05) is 17.7 Å². The van der Waals surface area contributed by atoms with E-state index < -0.39 is 6.23 Å². The number of benzene rings is 1. The highest BCUT2D eigenvalue weighted by molar-refractivity contribution is 6.20. The first-order chi connectivity index (χ1) is 9.65. The average Bonchev–Trinajstić information content (AvgIpc) is 2.70. The fourth-order valence-electron chi connectivity index (χ4n) is 2.06. The van der Waals surface area contributed by atoms with Crippen LogP contribution in [0.1, 0.15) is 48.8 Å². The molecule has 0 radical (unpaired) electrons. The van der Waals surface area contributed by atoms with Crippen LogP contribution in [0.15, 0.2) is 24.3 Å². The average molecular weight is 298 g/mol. The van der Waals surface area contributed by atoms with Crippen molar-refractivity contribution in [3.63, 3.8) is 0 Å². The summed E-state index contributed by atoms with van der Waals surface area (Å²) < 4.78 is 5.82. The number of halogens is 1. The lowest BCUT2D eigenvalue weighted by molar-refractivity contribution is -0.215. The van der Waals surface area contributed by atoms with E-state index in [1.807, 2.05) is 25.1 Å². The zero-order valence-corrected chi connectivity index (χ0v) is 12.6. The molecule has 1 amide bonds. The van der Waals surface area contributed by atoms with Crippen LogP contribution < -0.4 is 0 Å². The van der Waals surface area contributed by atoms with E-state index in [9.17, 15) is 4.79 Å². The highest BCUT2D eigenvalue weighted by Gasteiger charge is 2.38. The maximum atomic E-state index is 12.3. The molecule has 5 heteroatoms. The van der Waals surface area contributed by atoms with Crippen LogP contribution >= 0.6 is 11.6 Å². The second kappa shape index (κ2) is 7.07. The molecule has 1 aliphatic rings. The number of amides is 1. The number of unbranched alkanes of at least 4 members (excludes halogenated alkanes) is 1. The number of carbonyl (C=O) groups is 1. The monoisotopic (exact) mass is 297 g/mol. The molecule has 0 aliphatic carbocycles. The Kier molecular flexibility index (Phi) is 5.40. The third kappa shape index (κ3) is 3.32. The second-order valence-corrected chi connectivity index (χ2v) is 5.62. The summed E-state index contributed by atoms with van der Waals surface area (Å²) in [5, 5.41) is 1.14. The molecule has 0 N–H and O–H groups in total. The summed E-state index contributed by atoms with van der Waals surface area (Å²) in [5.74, 6) is -0.167. The Morgan fingerprint density at radius 3 is 2.85 bits per heavy atom. The van der Waals surface area contributed by atoms with Crippen LogP contribution in [-0.2, 0) is 9.57 Å². The van der Waals surface area contributed by atoms with Crippen molar-refractivity contribution in [3.8, 4) is 0 Å². The molecule has 0 spiro atoms. The topological polar surface area (TPSA) is 38.8 Å². The van der Waals surface area contributed by atoms with Gasteiger partial charge < -0.3 is 4.74 Å². The van der Waals surface area contributed by atoms with Crippen LogP contribution in [0.4, 0.5) is 0 Å². The molecule has 0 saturated carbocycles. The molecule has 4 nitrogen and oxygen atoms in total. The van der Waals surface area contributed by atoms with Gasteiger partial charge >= 0.3 is 0 Å². The Balaban J connectivity index is 2.14. The lowest BCUT2D eigenvalue weighted by atomic mass is 10.1. The van der Waals surface area contributed by atoms with Crippen molar-refractivity contribution in [1.29, 1.82) is 0 Å². The highest BCUT2D eigenvalue weighted by atomic mass is 35.5. The molecule has 1 aliphatic heterocycles. The molecular formula is C15H20ClNO3. The minimum absolute atomic E-state index is 0.164. The van der Waals surface area contributed by atoms with E-state index in [0.29, 0.717) is 12.2 Å². The van der Waals surface area contributed by atoms with Crippen LogP contribution in [-0.4, -0.2) is 29.6 Å². The molecule has 0 fully saturated rings. The van der Waals surface area contributed by atoms with Crippen LogP contribution in [0, 0.1) is 0 Å². The van der Waals surface area contributed by atoms with Gasteiger partial charge in [-0.2, -0.15) is 5.06 Å². The lowest BCUT2D eigenvalue weighted by Crippen LogP contribution is -2.32. The SMILES string of the molecule is CCCCOC1c2ccccc2C(=O)N1OCC(C)Cl. The predicted molar refractivity (Wildman–Crippen MR) is 77.5 cm³/mol. The minimum atomic E-state index is -0.472. The van der Waals surface area contributed by atoms with Crippen molar-refractivity contribution in [2.24, 2.45) is 0 Å². The molecule has 20 heavy (non-hydrogen) atoms. The molecular weight excluding hydrogens is 278 g/mol. The molecule has 110 valence electrons. The number of hydroxylamine groups is 2. The highest BCUT2D eigenvalue weighted by Crippen LogP contribution is 2.34. The van der Waals surface area contributed by atoms with Crippen molar-refractivity contribution >= 4 is 17.5 Å². The van der Waals surface area contributed by atoms with Crippen LogP contribution in [0.3, 0.4) is 0 Å². The number of rotatable bonds is 7. The first-order valence-electron chi connectivity index (χ1n) is 6.96. The van der Waals surface area contributed by atoms with Gasteiger partial charge in [-0.15, -0.1) is 11.6 Å². The summed E-state index contributed by atoms with van der Waals surface area (Å²) >= 11 is 5.89. The van der Waals surface area contributed by atoms with E-state index in [2.05, 4.69) is 6.92 Å². The Bertz CT molecular complexity index is 464. The fraction of sp³-hybridized carbons (Fsp3) is 0.533. The molecule has 0 bridgehead atoms. The van der Waals surface area contributed by atoms with Crippen molar-refractivity contribution in [1.82, 2.24) is 5.06 Å². The summed E-state index contributed by atoms with van der Waals surface area (Å²) in [6, 6.07) is 7.43. The van der Waals surface area contributed by atoms with Gasteiger partial charge in [-0.3, -0.25) is 9.63 Å². The van der Waals surface area contributed by atoms with Gasteiger partial charge in [0.15, 0.2) is 6.23 Å². The predicted octanol–water partition coefficient (Wildman–Crippen LogP) is 3.52. The van der Waals surface area contributed by atoms with Gasteiger partial charge in [-0.25, -0.2) is 0 Å². The molecule has 2 rings (SSSR count). The quantitative estimate of drug-likeness (QED) is 0.571. The lowest BCUT2D eigenvalue weighted by Gasteiger charge is -2.24. The zero-order chi connectivity index (χ0) is 14.5.